The standard InChI is InChI=1S/C24H16Cl3N3O2/c1-13-6-2-5-9-20(13)28-24(32)16-10-14-7-3-4-8-15(14)22(23(16)31)30-29-21-12-18(26)17(25)11-19(21)27/h2-12,29H,1H3,(H,28,32)/b30-22+. The SMILES string of the molecule is Cc1ccccc1NC(=O)C1=Cc2ccccc2/C(=N\Nc2cc(Cl)c(Cl)cc2Cl)C1=O. The third-order valence-electron chi connectivity index (χ3n) is 4.91. The van der Waals surface area contributed by atoms with Crippen LogP contribution in [0.25, 0.3) is 6.08 Å². The van der Waals surface area contributed by atoms with Crippen molar-refractivity contribution in [2.24, 2.45) is 5.10 Å². The molecule has 3 aromatic rings. The summed E-state index contributed by atoms with van der Waals surface area (Å²) in [5, 5.41) is 7.94. The zero-order valence-corrected chi connectivity index (χ0v) is 19.0. The van der Waals surface area contributed by atoms with Crippen LogP contribution in [0, 0.1) is 6.92 Å². The van der Waals surface area contributed by atoms with E-state index in [2.05, 4.69) is 15.8 Å². The molecule has 3 aromatic carbocycles. The topological polar surface area (TPSA) is 70.6 Å². The summed E-state index contributed by atoms with van der Waals surface area (Å²) in [6, 6.07) is 17.5. The third kappa shape index (κ3) is 4.41. The van der Waals surface area contributed by atoms with E-state index >= 15 is 0 Å². The van der Waals surface area contributed by atoms with Gasteiger partial charge in [0.1, 0.15) is 5.71 Å². The van der Waals surface area contributed by atoms with Gasteiger partial charge in [0.05, 0.1) is 26.3 Å². The Kier molecular flexibility index (Phi) is 6.33. The van der Waals surface area contributed by atoms with E-state index in [4.69, 9.17) is 34.8 Å². The Bertz CT molecular complexity index is 1320. The maximum Gasteiger partial charge on any atom is 0.259 e. The monoisotopic (exact) mass is 483 g/mol. The summed E-state index contributed by atoms with van der Waals surface area (Å²) in [6.07, 6.45) is 1.57. The molecule has 0 atom stereocenters. The maximum atomic E-state index is 13.3. The molecule has 0 unspecified atom stereocenters. The van der Waals surface area contributed by atoms with Crippen LogP contribution in [-0.4, -0.2) is 17.4 Å². The lowest BCUT2D eigenvalue weighted by molar-refractivity contribution is -0.116. The fraction of sp³-hybridized carbons (Fsp3) is 0.0417. The van der Waals surface area contributed by atoms with Crippen LogP contribution in [0.1, 0.15) is 16.7 Å². The number of anilines is 2. The van der Waals surface area contributed by atoms with Crippen LogP contribution in [-0.2, 0) is 9.59 Å². The maximum absolute atomic E-state index is 13.3. The Morgan fingerprint density at radius 1 is 0.875 bits per heavy atom. The molecule has 1 aliphatic rings. The van der Waals surface area contributed by atoms with Gasteiger partial charge in [-0.05, 0) is 42.3 Å². The van der Waals surface area contributed by atoms with Gasteiger partial charge in [-0.3, -0.25) is 15.0 Å². The number of ketones is 1. The number of hydrazone groups is 1. The molecule has 0 radical (unpaired) electrons. The first-order valence-corrected chi connectivity index (χ1v) is 10.7. The Morgan fingerprint density at radius 2 is 1.56 bits per heavy atom. The number of fused-ring (bicyclic) bond motifs is 1. The number of rotatable bonds is 4. The van der Waals surface area contributed by atoms with Crippen molar-refractivity contribution < 1.29 is 9.59 Å². The summed E-state index contributed by atoms with van der Waals surface area (Å²) >= 11 is 18.2. The summed E-state index contributed by atoms with van der Waals surface area (Å²) in [5.74, 6) is -1.03. The molecule has 1 aliphatic carbocycles. The normalized spacial score (nSPS) is 14.1. The van der Waals surface area contributed by atoms with Crippen LogP contribution in [0.3, 0.4) is 0 Å². The summed E-state index contributed by atoms with van der Waals surface area (Å²) in [5.41, 5.74) is 6.01. The first-order chi connectivity index (χ1) is 15.3. The lowest BCUT2D eigenvalue weighted by atomic mass is 9.89. The largest absolute Gasteiger partial charge is 0.322 e. The highest BCUT2D eigenvalue weighted by Crippen LogP contribution is 2.32. The molecule has 0 aromatic heterocycles. The highest BCUT2D eigenvalue weighted by atomic mass is 35.5. The number of hydrogen-bond acceptors (Lipinski definition) is 4. The van der Waals surface area contributed by atoms with Crippen molar-refractivity contribution in [1.82, 2.24) is 0 Å². The molecular weight excluding hydrogens is 469 g/mol. The number of hydrogen-bond donors (Lipinski definition) is 2. The second-order valence-electron chi connectivity index (χ2n) is 7.06. The van der Waals surface area contributed by atoms with Crippen LogP contribution >= 0.6 is 34.8 Å². The minimum atomic E-state index is -0.515. The number of carbonyl (C=O) groups is 2. The lowest BCUT2D eigenvalue weighted by Gasteiger charge is -2.18. The second kappa shape index (κ2) is 9.17. The van der Waals surface area contributed by atoms with Crippen LogP contribution in [0.2, 0.25) is 15.1 Å². The van der Waals surface area contributed by atoms with Gasteiger partial charge in [0.15, 0.2) is 0 Å². The first-order valence-electron chi connectivity index (χ1n) is 9.56. The van der Waals surface area contributed by atoms with Crippen molar-refractivity contribution in [3.05, 3.63) is 98.0 Å². The van der Waals surface area contributed by atoms with E-state index in [9.17, 15) is 9.59 Å². The molecule has 0 heterocycles. The second-order valence-corrected chi connectivity index (χ2v) is 8.28. The Balaban J connectivity index is 1.70. The van der Waals surface area contributed by atoms with Crippen molar-refractivity contribution >= 4 is 69.7 Å². The van der Waals surface area contributed by atoms with E-state index < -0.39 is 11.7 Å². The molecule has 0 bridgehead atoms. The minimum Gasteiger partial charge on any atom is -0.322 e. The predicted molar refractivity (Wildman–Crippen MR) is 131 cm³/mol. The summed E-state index contributed by atoms with van der Waals surface area (Å²) < 4.78 is 0. The van der Waals surface area contributed by atoms with E-state index in [0.717, 1.165) is 5.56 Å². The van der Waals surface area contributed by atoms with Gasteiger partial charge in [-0.25, -0.2) is 0 Å². The number of nitrogens with one attached hydrogen (secondary N) is 2. The average Bonchev–Trinajstić information content (AvgIpc) is 2.77. The van der Waals surface area contributed by atoms with Crippen molar-refractivity contribution in [2.75, 3.05) is 10.7 Å². The van der Waals surface area contributed by atoms with Crippen molar-refractivity contribution in [3.8, 4) is 0 Å². The fourth-order valence-corrected chi connectivity index (χ4v) is 3.81. The summed E-state index contributed by atoms with van der Waals surface area (Å²) in [6.45, 7) is 1.87. The summed E-state index contributed by atoms with van der Waals surface area (Å²) in [7, 11) is 0. The first kappa shape index (κ1) is 22.1. The molecule has 0 spiro atoms. The highest BCUT2D eigenvalue weighted by Gasteiger charge is 2.30. The molecule has 160 valence electrons. The molecule has 0 saturated heterocycles. The molecular formula is C24H16Cl3N3O2. The van der Waals surface area contributed by atoms with Crippen molar-refractivity contribution in [1.29, 1.82) is 0 Å². The predicted octanol–water partition coefficient (Wildman–Crippen LogP) is 6.38. The average molecular weight is 485 g/mol. The van der Waals surface area contributed by atoms with Gasteiger partial charge in [-0.1, -0.05) is 77.3 Å². The number of nitrogens with zero attached hydrogens (tertiary/aromatic N) is 1. The van der Waals surface area contributed by atoms with Gasteiger partial charge < -0.3 is 5.32 Å². The number of para-hydroxylation sites is 1. The molecule has 4 rings (SSSR count). The number of aryl methyl sites for hydroxylation is 1. The molecule has 5 nitrogen and oxygen atoms in total. The number of benzene rings is 3. The molecule has 0 aliphatic heterocycles. The van der Waals surface area contributed by atoms with Gasteiger partial charge in [-0.15, -0.1) is 0 Å². The zero-order valence-electron chi connectivity index (χ0n) is 16.7. The third-order valence-corrected chi connectivity index (χ3v) is 5.95. The number of amides is 1. The Hall–Kier alpha value is -3.12. The van der Waals surface area contributed by atoms with E-state index in [1.54, 1.807) is 24.3 Å². The minimum absolute atomic E-state index is 0.0206. The van der Waals surface area contributed by atoms with Gasteiger partial charge in [0.2, 0.25) is 5.78 Å². The zero-order chi connectivity index (χ0) is 22.8. The molecule has 0 saturated carbocycles. The molecule has 32 heavy (non-hydrogen) atoms. The van der Waals surface area contributed by atoms with E-state index in [-0.39, 0.29) is 21.3 Å². The van der Waals surface area contributed by atoms with Gasteiger partial charge in [-0.2, -0.15) is 5.10 Å². The van der Waals surface area contributed by atoms with Crippen molar-refractivity contribution in [2.45, 2.75) is 6.92 Å². The van der Waals surface area contributed by atoms with Gasteiger partial charge in [0.25, 0.3) is 5.91 Å². The number of Topliss-reactive ketones (excluding diaryl/α,β-unsaturated/α-hetero) is 1. The van der Waals surface area contributed by atoms with E-state index in [1.165, 1.54) is 12.1 Å². The van der Waals surface area contributed by atoms with E-state index in [0.29, 0.717) is 27.5 Å². The molecule has 2 N–H and O–H groups in total. The fourth-order valence-electron chi connectivity index (χ4n) is 3.22. The highest BCUT2D eigenvalue weighted by molar-refractivity contribution is 6.59. The quantitative estimate of drug-likeness (QED) is 0.256. The van der Waals surface area contributed by atoms with Crippen molar-refractivity contribution in [3.63, 3.8) is 0 Å². The van der Waals surface area contributed by atoms with Crippen LogP contribution < -0.4 is 10.7 Å². The van der Waals surface area contributed by atoms with Gasteiger partial charge >= 0.3 is 0 Å². The number of carbonyl (C=O) groups excluding carboxylic acids is 2. The summed E-state index contributed by atoms with van der Waals surface area (Å²) in [4.78, 5) is 26.2. The van der Waals surface area contributed by atoms with E-state index in [1.807, 2.05) is 37.3 Å². The smallest absolute Gasteiger partial charge is 0.259 e. The van der Waals surface area contributed by atoms with Crippen LogP contribution in [0.5, 0.6) is 0 Å². The molecule has 8 heteroatoms. The van der Waals surface area contributed by atoms with Crippen LogP contribution in [0.4, 0.5) is 11.4 Å². The van der Waals surface area contributed by atoms with Gasteiger partial charge in [0, 0.05) is 11.3 Å². The Morgan fingerprint density at radius 3 is 2.34 bits per heavy atom. The van der Waals surface area contributed by atoms with Crippen LogP contribution in [0.15, 0.2) is 71.3 Å². The Labute approximate surface area is 199 Å². The molecule has 0 fully saturated rings. The number of halogens is 3. The lowest BCUT2D eigenvalue weighted by Crippen LogP contribution is -2.30. The molecule has 1 amide bonds.